The molecule has 0 aliphatic heterocycles. The lowest BCUT2D eigenvalue weighted by Crippen LogP contribution is -2.39. The zero-order valence-corrected chi connectivity index (χ0v) is 11.2. The second kappa shape index (κ2) is 8.69. The zero-order valence-electron chi connectivity index (χ0n) is 11.2. The number of aliphatic hydroxyl groups excluding tert-OH is 1. The molecule has 0 radical (unpaired) electrons. The minimum Gasteiger partial charge on any atom is -0.481 e. The van der Waals surface area contributed by atoms with Crippen LogP contribution in [0.25, 0.3) is 0 Å². The molecule has 108 valence electrons. The number of rotatable bonds is 8. The number of unbranched alkanes of at least 4 members (excludes halogenated alkanes) is 3. The van der Waals surface area contributed by atoms with Crippen LogP contribution < -0.4 is 5.32 Å². The Morgan fingerprint density at radius 1 is 1.05 bits per heavy atom. The molecule has 0 saturated carbocycles. The summed E-state index contributed by atoms with van der Waals surface area (Å²) < 4.78 is 0. The maximum absolute atomic E-state index is 12.0. The van der Waals surface area contributed by atoms with Crippen molar-refractivity contribution in [3.8, 4) is 0 Å². The summed E-state index contributed by atoms with van der Waals surface area (Å²) in [5.74, 6) is -2.09. The molecule has 0 saturated heterocycles. The SMILES string of the molecule is O=C(O)[C@H]1CC=CC[C@H]1C(=O)NCCCCCCO. The molecule has 1 aliphatic carbocycles. The molecule has 5 nitrogen and oxygen atoms in total. The molecule has 3 N–H and O–H groups in total. The van der Waals surface area contributed by atoms with Crippen LogP contribution in [-0.2, 0) is 9.59 Å². The number of carboxylic acids is 1. The highest BCUT2D eigenvalue weighted by atomic mass is 16.4. The molecule has 19 heavy (non-hydrogen) atoms. The highest BCUT2D eigenvalue weighted by Crippen LogP contribution is 2.25. The fourth-order valence-electron chi connectivity index (χ4n) is 2.31. The minimum absolute atomic E-state index is 0.154. The monoisotopic (exact) mass is 269 g/mol. The fraction of sp³-hybridized carbons (Fsp3) is 0.714. The molecule has 0 aromatic carbocycles. The minimum atomic E-state index is -0.896. The van der Waals surface area contributed by atoms with Crippen molar-refractivity contribution in [3.63, 3.8) is 0 Å². The Kier molecular flexibility index (Phi) is 7.18. The number of aliphatic hydroxyl groups is 1. The summed E-state index contributed by atoms with van der Waals surface area (Å²) in [5.41, 5.74) is 0. The third-order valence-corrected chi connectivity index (χ3v) is 3.47. The predicted octanol–water partition coefficient (Wildman–Crippen LogP) is 1.32. The summed E-state index contributed by atoms with van der Waals surface area (Å²) in [4.78, 5) is 23.0. The Labute approximate surface area is 113 Å². The number of carbonyl (C=O) groups is 2. The standard InChI is InChI=1S/C14H23NO4/c16-10-6-2-1-5-9-15-13(17)11-7-3-4-8-12(11)14(18)19/h3-4,11-12,16H,1-2,5-10H2,(H,15,17)(H,18,19)/t11-,12+/m1/s1. The van der Waals surface area contributed by atoms with Gasteiger partial charge in [-0.15, -0.1) is 0 Å². The molecule has 0 aromatic rings. The van der Waals surface area contributed by atoms with E-state index in [1.165, 1.54) is 0 Å². The van der Waals surface area contributed by atoms with E-state index in [1.54, 1.807) is 0 Å². The highest BCUT2D eigenvalue weighted by molar-refractivity contribution is 5.85. The van der Waals surface area contributed by atoms with Crippen molar-refractivity contribution in [1.82, 2.24) is 5.32 Å². The number of aliphatic carboxylic acids is 1. The van der Waals surface area contributed by atoms with Crippen molar-refractivity contribution in [2.45, 2.75) is 38.5 Å². The molecular formula is C14H23NO4. The summed E-state index contributed by atoms with van der Waals surface area (Å²) in [7, 11) is 0. The van der Waals surface area contributed by atoms with E-state index in [1.807, 2.05) is 12.2 Å². The number of carbonyl (C=O) groups excluding carboxylic acids is 1. The fourth-order valence-corrected chi connectivity index (χ4v) is 2.31. The second-order valence-corrected chi connectivity index (χ2v) is 4.92. The van der Waals surface area contributed by atoms with Gasteiger partial charge in [0, 0.05) is 13.2 Å². The Morgan fingerprint density at radius 3 is 2.32 bits per heavy atom. The number of allylic oxidation sites excluding steroid dienone is 2. The number of hydrogen-bond donors (Lipinski definition) is 3. The summed E-state index contributed by atoms with van der Waals surface area (Å²) in [6.45, 7) is 0.790. The van der Waals surface area contributed by atoms with Crippen molar-refractivity contribution in [3.05, 3.63) is 12.2 Å². The van der Waals surface area contributed by atoms with Crippen LogP contribution in [0.3, 0.4) is 0 Å². The molecule has 0 heterocycles. The van der Waals surface area contributed by atoms with E-state index in [-0.39, 0.29) is 12.5 Å². The molecule has 1 amide bonds. The zero-order chi connectivity index (χ0) is 14.1. The van der Waals surface area contributed by atoms with Gasteiger partial charge in [0.25, 0.3) is 0 Å². The first kappa shape index (κ1) is 15.7. The number of amides is 1. The third-order valence-electron chi connectivity index (χ3n) is 3.47. The Hall–Kier alpha value is -1.36. The van der Waals surface area contributed by atoms with E-state index in [9.17, 15) is 9.59 Å². The van der Waals surface area contributed by atoms with Gasteiger partial charge in [-0.1, -0.05) is 25.0 Å². The molecule has 1 rings (SSSR count). The van der Waals surface area contributed by atoms with Gasteiger partial charge >= 0.3 is 5.97 Å². The first-order valence-electron chi connectivity index (χ1n) is 6.93. The van der Waals surface area contributed by atoms with Gasteiger partial charge in [-0.3, -0.25) is 9.59 Å². The van der Waals surface area contributed by atoms with Crippen LogP contribution >= 0.6 is 0 Å². The maximum Gasteiger partial charge on any atom is 0.307 e. The molecule has 0 fully saturated rings. The van der Waals surface area contributed by atoms with Crippen molar-refractivity contribution in [2.24, 2.45) is 11.8 Å². The Bertz CT molecular complexity index is 327. The van der Waals surface area contributed by atoms with E-state index < -0.39 is 17.8 Å². The number of hydrogen-bond acceptors (Lipinski definition) is 3. The second-order valence-electron chi connectivity index (χ2n) is 4.92. The van der Waals surface area contributed by atoms with Crippen LogP contribution in [0, 0.1) is 11.8 Å². The van der Waals surface area contributed by atoms with Gasteiger partial charge in [0.1, 0.15) is 0 Å². The molecule has 1 aliphatic rings. The summed E-state index contributed by atoms with van der Waals surface area (Å²) >= 11 is 0. The number of nitrogens with one attached hydrogen (secondary N) is 1. The molecule has 0 bridgehead atoms. The van der Waals surface area contributed by atoms with Crippen molar-refractivity contribution in [2.75, 3.05) is 13.2 Å². The largest absolute Gasteiger partial charge is 0.481 e. The molecule has 0 spiro atoms. The quantitative estimate of drug-likeness (QED) is 0.458. The highest BCUT2D eigenvalue weighted by Gasteiger charge is 2.33. The lowest BCUT2D eigenvalue weighted by atomic mass is 9.82. The average molecular weight is 269 g/mol. The summed E-state index contributed by atoms with van der Waals surface area (Å²) in [6.07, 6.45) is 8.23. The lowest BCUT2D eigenvalue weighted by molar-refractivity contribution is -0.147. The normalized spacial score (nSPS) is 22.2. The first-order valence-corrected chi connectivity index (χ1v) is 6.93. The van der Waals surface area contributed by atoms with Crippen molar-refractivity contribution < 1.29 is 19.8 Å². The van der Waals surface area contributed by atoms with Crippen molar-refractivity contribution >= 4 is 11.9 Å². The van der Waals surface area contributed by atoms with Crippen molar-refractivity contribution in [1.29, 1.82) is 0 Å². The van der Waals surface area contributed by atoms with E-state index in [0.717, 1.165) is 25.7 Å². The third kappa shape index (κ3) is 5.42. The van der Waals surface area contributed by atoms with Gasteiger partial charge in [0.2, 0.25) is 5.91 Å². The summed E-state index contributed by atoms with van der Waals surface area (Å²) in [6, 6.07) is 0. The van der Waals surface area contributed by atoms with Gasteiger partial charge in [-0.05, 0) is 25.7 Å². The van der Waals surface area contributed by atoms with Gasteiger partial charge in [-0.2, -0.15) is 0 Å². The molecule has 0 aromatic heterocycles. The molecule has 0 unspecified atom stereocenters. The average Bonchev–Trinajstić information content (AvgIpc) is 2.42. The topological polar surface area (TPSA) is 86.6 Å². The van der Waals surface area contributed by atoms with Gasteiger partial charge < -0.3 is 15.5 Å². The van der Waals surface area contributed by atoms with Crippen LogP contribution in [0.15, 0.2) is 12.2 Å². The van der Waals surface area contributed by atoms with Gasteiger partial charge in [-0.25, -0.2) is 0 Å². The molecule has 5 heteroatoms. The predicted molar refractivity (Wildman–Crippen MR) is 71.6 cm³/mol. The van der Waals surface area contributed by atoms with Crippen LogP contribution in [0.5, 0.6) is 0 Å². The molecular weight excluding hydrogens is 246 g/mol. The number of carboxylic acid groups (broad SMARTS) is 1. The maximum atomic E-state index is 12.0. The smallest absolute Gasteiger partial charge is 0.307 e. The van der Waals surface area contributed by atoms with Gasteiger partial charge in [0.05, 0.1) is 11.8 Å². The first-order chi connectivity index (χ1) is 9.16. The van der Waals surface area contributed by atoms with E-state index in [4.69, 9.17) is 10.2 Å². The molecule has 2 atom stereocenters. The van der Waals surface area contributed by atoms with Crippen LogP contribution in [0.2, 0.25) is 0 Å². The Morgan fingerprint density at radius 2 is 1.68 bits per heavy atom. The van der Waals surface area contributed by atoms with Crippen LogP contribution in [0.4, 0.5) is 0 Å². The van der Waals surface area contributed by atoms with E-state index in [2.05, 4.69) is 5.32 Å². The van der Waals surface area contributed by atoms with Crippen LogP contribution in [0.1, 0.15) is 38.5 Å². The Balaban J connectivity index is 2.27. The van der Waals surface area contributed by atoms with Gasteiger partial charge in [0.15, 0.2) is 0 Å². The summed E-state index contributed by atoms with van der Waals surface area (Å²) in [5, 5.41) is 20.5. The lowest BCUT2D eigenvalue weighted by Gasteiger charge is -2.24. The van der Waals surface area contributed by atoms with E-state index in [0.29, 0.717) is 19.4 Å². The van der Waals surface area contributed by atoms with E-state index >= 15 is 0 Å². The van der Waals surface area contributed by atoms with Crippen LogP contribution in [-0.4, -0.2) is 35.2 Å².